The van der Waals surface area contributed by atoms with Gasteiger partial charge in [-0.2, -0.15) is 0 Å². The minimum absolute atomic E-state index is 0.0274. The Labute approximate surface area is 692 Å². The van der Waals surface area contributed by atoms with Crippen LogP contribution in [-0.2, 0) is 56.8 Å². The van der Waals surface area contributed by atoms with Crippen molar-refractivity contribution in [2.24, 2.45) is 0 Å². The molecule has 0 saturated carbocycles. The number of halogens is 1. The van der Waals surface area contributed by atoms with Crippen molar-refractivity contribution < 1.29 is 130 Å². The number of esters is 12. The molecule has 12 aromatic carbocycles. The zero-order valence-electron chi connectivity index (χ0n) is 67.2. The van der Waals surface area contributed by atoms with E-state index in [-0.39, 0.29) is 138 Å². The van der Waals surface area contributed by atoms with Crippen molar-refractivity contribution in [1.82, 2.24) is 0 Å². The van der Waals surface area contributed by atoms with Crippen LogP contribution in [0.5, 0.6) is 0 Å². The Morgan fingerprint density at radius 3 is 0.653 bits per heavy atom. The van der Waals surface area contributed by atoms with Crippen LogP contribution >= 0.6 is 0 Å². The Hall–Kier alpha value is -15.0. The molecule has 0 amide bonds. The van der Waals surface area contributed by atoms with Crippen LogP contribution < -0.4 is 15.7 Å². The summed E-state index contributed by atoms with van der Waals surface area (Å²) in [5.41, 5.74) is -3.61. The molecule has 0 radical (unpaired) electrons. The monoisotopic (exact) mass is 1740 g/mol. The van der Waals surface area contributed by atoms with Gasteiger partial charge in [-0.3, -0.25) is 0 Å². The number of carbonyl (C=O) groups excluding carboxylic acids is 12. The SMILES string of the molecule is COC(=O)c1cccc(-c2c(C(=O)OC(c3cccc(C(=O)OC)c3)c3cccc(C(=O)OC)c3)c(-c3cccc(C(=O)OC)c3)c([I+](c3cccc(C(=O)OC)c3)(c3cccc(C(=O)OC)c3)(c3cccc(C(=O)OC)c3)(c3cccc(C(=O)OC)c3)c3cccc(C(=O)OC)c3)c(-c3cccc(C(=O)OC)c3)c2-c2cccc(C(=O)OC)c2)c1. The van der Waals surface area contributed by atoms with Gasteiger partial charge >= 0.3 is 697 Å². The van der Waals surface area contributed by atoms with Crippen LogP contribution in [0.25, 0.3) is 44.5 Å². The summed E-state index contributed by atoms with van der Waals surface area (Å²) in [6.45, 7) is 0. The van der Waals surface area contributed by atoms with Crippen LogP contribution in [-0.4, -0.2) is 150 Å². The van der Waals surface area contributed by atoms with Gasteiger partial charge in [-0.1, -0.05) is 0 Å². The fraction of sp³-hybridized carbons (Fsp3) is 0.125. The Balaban J connectivity index is 1.67. The minimum atomic E-state index is -9.48. The Kier molecular flexibility index (Phi) is 25.0. The third-order valence-corrected chi connectivity index (χ3v) is 43.5. The number of carbonyl (C=O) groups is 12. The summed E-state index contributed by atoms with van der Waals surface area (Å²) in [6.07, 6.45) is -1.79. The molecular weight excluding hydrogens is 1660 g/mol. The molecule has 612 valence electrons. The van der Waals surface area contributed by atoms with E-state index in [9.17, 15) is 19.2 Å². The van der Waals surface area contributed by atoms with Crippen molar-refractivity contribution in [3.8, 4) is 44.5 Å². The molecule has 0 fully saturated rings. The van der Waals surface area contributed by atoms with E-state index in [0.717, 1.165) is 78.2 Å². The molecule has 0 heterocycles. The first-order valence-electron chi connectivity index (χ1n) is 36.9. The van der Waals surface area contributed by atoms with Crippen molar-refractivity contribution in [2.75, 3.05) is 78.2 Å². The predicted molar refractivity (Wildman–Crippen MR) is 437 cm³/mol. The van der Waals surface area contributed by atoms with Crippen molar-refractivity contribution in [3.63, 3.8) is 0 Å². The van der Waals surface area contributed by atoms with Crippen molar-refractivity contribution in [1.29, 1.82) is 0 Å². The number of methoxy groups -OCH3 is 11. The number of ether oxygens (including phenoxy) is 12. The molecule has 0 bridgehead atoms. The Morgan fingerprint density at radius 1 is 0.207 bits per heavy atom. The Bertz CT molecular complexity index is 5820. The molecule has 0 atom stereocenters. The molecule has 0 N–H and O–H groups in total. The van der Waals surface area contributed by atoms with E-state index in [2.05, 4.69) is 0 Å². The van der Waals surface area contributed by atoms with Crippen LogP contribution in [0.15, 0.2) is 267 Å². The third kappa shape index (κ3) is 14.5. The molecule has 0 spiro atoms. The standard InChI is InChI=1S/C96H78IO24/c1-110-85(98)62-29-12-23-56(45-62)78-79(57-24-13-30-63(46-57)86(99)111-2)82(96(109)121-84(60-27-16-33-66(49-60)89(102)114-5)61-28-17-34-67(50-61)90(103)115-6)81(59-26-15-32-65(48-59)88(101)113-4)83(80(78)58-25-14-31-64(47-58)87(100)112-3)97(73-40-18-35-68(51-73)91(104)116-7,74-41-19-36-69(52-74)92(105)117-8,75-42-20-37-70(53-75)93(106)118-9,76-43-21-38-71(54-76)94(107)119-10)77-44-22-39-72(55-77)95(108)120-11/h12-55,84H,1-11H3/q+1. The van der Waals surface area contributed by atoms with Gasteiger partial charge in [0, 0.05) is 0 Å². The summed E-state index contributed by atoms with van der Waals surface area (Å²) in [4.78, 5) is 184. The van der Waals surface area contributed by atoms with E-state index in [4.69, 9.17) is 56.8 Å². The molecule has 0 aromatic heterocycles. The maximum atomic E-state index is 19.0. The molecule has 0 aliphatic carbocycles. The summed E-state index contributed by atoms with van der Waals surface area (Å²) in [5.74, 6) is -11.7. The summed E-state index contributed by atoms with van der Waals surface area (Å²) < 4.78 is 68.4. The van der Waals surface area contributed by atoms with Crippen molar-refractivity contribution in [2.45, 2.75) is 6.10 Å². The number of hydrogen-bond donors (Lipinski definition) is 0. The molecule has 24 nitrogen and oxygen atoms in total. The number of rotatable bonds is 25. The summed E-state index contributed by atoms with van der Waals surface area (Å²) in [6, 6.07) is 65.8. The van der Waals surface area contributed by atoms with E-state index in [1.807, 2.05) is 0 Å². The van der Waals surface area contributed by atoms with Crippen LogP contribution in [0.2, 0.25) is 0 Å². The van der Waals surface area contributed by atoms with Crippen LogP contribution in [0.3, 0.4) is 0 Å². The second-order valence-electron chi connectivity index (χ2n) is 26.9. The number of benzene rings is 12. The maximum absolute atomic E-state index is 19.0. The molecule has 12 aromatic rings. The molecule has 121 heavy (non-hydrogen) atoms. The molecular formula is C96H78IO24+. The van der Waals surface area contributed by atoms with Gasteiger partial charge in [0.2, 0.25) is 0 Å². The van der Waals surface area contributed by atoms with Gasteiger partial charge in [0.15, 0.2) is 0 Å². The van der Waals surface area contributed by atoms with Crippen molar-refractivity contribution in [3.05, 3.63) is 366 Å². The first-order chi connectivity index (χ1) is 58.4. The van der Waals surface area contributed by atoms with Gasteiger partial charge in [0.25, 0.3) is 0 Å². The van der Waals surface area contributed by atoms with Gasteiger partial charge in [-0.25, -0.2) is 0 Å². The summed E-state index contributed by atoms with van der Waals surface area (Å²) in [7, 11) is 12.6. The van der Waals surface area contributed by atoms with Crippen molar-refractivity contribution >= 4 is 71.6 Å². The summed E-state index contributed by atoms with van der Waals surface area (Å²) in [5, 5.41) is 0. The normalized spacial score (nSPS) is 11.5. The molecule has 25 heteroatoms. The van der Waals surface area contributed by atoms with E-state index in [1.54, 1.807) is 48.5 Å². The average molecular weight is 1740 g/mol. The quantitative estimate of drug-likeness (QED) is 0.0291. The average Bonchev–Trinajstić information content (AvgIpc) is 0.600. The van der Waals surface area contributed by atoms with E-state index >= 15 is 38.4 Å². The Morgan fingerprint density at radius 2 is 0.405 bits per heavy atom. The van der Waals surface area contributed by atoms with Gasteiger partial charge < -0.3 is 0 Å². The second-order valence-corrected chi connectivity index (χ2v) is 42.3. The van der Waals surface area contributed by atoms with Crippen LogP contribution in [0.4, 0.5) is 0 Å². The zero-order chi connectivity index (χ0) is 86.7. The predicted octanol–water partition coefficient (Wildman–Crippen LogP) is 12.7. The fourth-order valence-electron chi connectivity index (χ4n) is 15.5. The van der Waals surface area contributed by atoms with Crippen LogP contribution in [0.1, 0.15) is 142 Å². The summed E-state index contributed by atoms with van der Waals surface area (Å²) >= 11 is -9.48. The first-order valence-corrected chi connectivity index (χ1v) is 43.3. The van der Waals surface area contributed by atoms with Crippen LogP contribution in [0, 0.1) is 21.4 Å². The van der Waals surface area contributed by atoms with Gasteiger partial charge in [0.1, 0.15) is 0 Å². The molecule has 12 rings (SSSR count). The fourth-order valence-corrected chi connectivity index (χ4v) is 40.8. The van der Waals surface area contributed by atoms with E-state index < -0.39 is 99.0 Å². The van der Waals surface area contributed by atoms with Gasteiger partial charge in [0.05, 0.1) is 0 Å². The third-order valence-electron chi connectivity index (χ3n) is 20.8. The molecule has 0 aliphatic rings. The zero-order valence-corrected chi connectivity index (χ0v) is 69.3. The molecule has 0 unspecified atom stereocenters. The second kappa shape index (κ2) is 35.5. The van der Waals surface area contributed by atoms with Gasteiger partial charge in [-0.15, -0.1) is 0 Å². The topological polar surface area (TPSA) is 316 Å². The van der Waals surface area contributed by atoms with Gasteiger partial charge in [-0.05, 0) is 0 Å². The molecule has 0 aliphatic heterocycles. The molecule has 0 saturated heterocycles. The first kappa shape index (κ1) is 85.4. The van der Waals surface area contributed by atoms with E-state index in [0.29, 0.717) is 0 Å². The van der Waals surface area contributed by atoms with E-state index in [1.165, 1.54) is 218 Å². The number of hydrogen-bond acceptors (Lipinski definition) is 24.